The number of rotatable bonds is 7. The second kappa shape index (κ2) is 8.48. The minimum Gasteiger partial charge on any atom is -0.377 e. The van der Waals surface area contributed by atoms with E-state index in [-0.39, 0.29) is 12.0 Å². The van der Waals surface area contributed by atoms with Crippen molar-refractivity contribution in [3.05, 3.63) is 0 Å². The number of nitrogens with two attached hydrogens (primary N) is 1. The summed E-state index contributed by atoms with van der Waals surface area (Å²) >= 11 is 0. The molecule has 1 amide bonds. The second-order valence-corrected chi connectivity index (χ2v) is 5.40. The Hall–Kier alpha value is -0.610. The van der Waals surface area contributed by atoms with Crippen LogP contribution in [0.1, 0.15) is 46.0 Å². The highest BCUT2D eigenvalue weighted by molar-refractivity contribution is 5.76. The maximum atomic E-state index is 11.8. The van der Waals surface area contributed by atoms with E-state index < -0.39 is 0 Å². The van der Waals surface area contributed by atoms with Gasteiger partial charge in [0.05, 0.1) is 6.10 Å². The summed E-state index contributed by atoms with van der Waals surface area (Å²) < 4.78 is 5.38. The maximum Gasteiger partial charge on any atom is 0.220 e. The number of hydrogen-bond acceptors (Lipinski definition) is 3. The van der Waals surface area contributed by atoms with Crippen molar-refractivity contribution < 1.29 is 9.53 Å². The molecule has 0 radical (unpaired) electrons. The first-order valence-electron chi connectivity index (χ1n) is 7.24. The summed E-state index contributed by atoms with van der Waals surface area (Å²) in [4.78, 5) is 11.8. The molecule has 0 aromatic carbocycles. The Morgan fingerprint density at radius 1 is 1.33 bits per heavy atom. The van der Waals surface area contributed by atoms with Gasteiger partial charge in [0.2, 0.25) is 5.91 Å². The van der Waals surface area contributed by atoms with Crippen molar-refractivity contribution in [2.45, 2.75) is 52.1 Å². The molecule has 4 heteroatoms. The zero-order valence-electron chi connectivity index (χ0n) is 11.8. The first-order valence-corrected chi connectivity index (χ1v) is 7.24. The van der Waals surface area contributed by atoms with Crippen LogP contribution in [0.15, 0.2) is 0 Å². The largest absolute Gasteiger partial charge is 0.377 e. The number of hydrogen-bond donors (Lipinski definition) is 2. The lowest BCUT2D eigenvalue weighted by Gasteiger charge is -2.27. The summed E-state index contributed by atoms with van der Waals surface area (Å²) in [5.41, 5.74) is 5.67. The van der Waals surface area contributed by atoms with E-state index in [2.05, 4.69) is 5.32 Å². The molecule has 1 saturated carbocycles. The van der Waals surface area contributed by atoms with E-state index in [1.165, 1.54) is 12.8 Å². The molecule has 0 heterocycles. The molecule has 18 heavy (non-hydrogen) atoms. The van der Waals surface area contributed by atoms with Gasteiger partial charge < -0.3 is 15.8 Å². The summed E-state index contributed by atoms with van der Waals surface area (Å²) in [7, 11) is 0. The third-order valence-electron chi connectivity index (χ3n) is 3.81. The van der Waals surface area contributed by atoms with Gasteiger partial charge in [-0.05, 0) is 57.9 Å². The summed E-state index contributed by atoms with van der Waals surface area (Å²) in [6.45, 7) is 6.06. The molecule has 3 N–H and O–H groups in total. The van der Waals surface area contributed by atoms with Crippen LogP contribution in [0, 0.1) is 11.8 Å². The maximum absolute atomic E-state index is 11.8. The molecule has 0 saturated heterocycles. The van der Waals surface area contributed by atoms with E-state index in [1.54, 1.807) is 0 Å². The number of amides is 1. The van der Waals surface area contributed by atoms with Gasteiger partial charge in [-0.3, -0.25) is 4.79 Å². The molecule has 1 aliphatic rings. The summed E-state index contributed by atoms with van der Waals surface area (Å²) in [6, 6.07) is 0. The van der Waals surface area contributed by atoms with Crippen LogP contribution in [-0.4, -0.2) is 31.7 Å². The fourth-order valence-corrected chi connectivity index (χ4v) is 2.61. The van der Waals surface area contributed by atoms with E-state index >= 15 is 0 Å². The average molecular weight is 256 g/mol. The lowest BCUT2D eigenvalue weighted by molar-refractivity contribution is -0.122. The molecule has 1 fully saturated rings. The van der Waals surface area contributed by atoms with Gasteiger partial charge >= 0.3 is 0 Å². The lowest BCUT2D eigenvalue weighted by atomic mass is 9.80. The Kier molecular flexibility index (Phi) is 7.28. The Morgan fingerprint density at radius 2 is 1.94 bits per heavy atom. The van der Waals surface area contributed by atoms with Gasteiger partial charge in [0, 0.05) is 19.6 Å². The molecule has 0 spiro atoms. The molecule has 0 bridgehead atoms. The average Bonchev–Trinajstić information content (AvgIpc) is 2.38. The second-order valence-electron chi connectivity index (χ2n) is 5.40. The van der Waals surface area contributed by atoms with E-state index in [4.69, 9.17) is 10.5 Å². The third-order valence-corrected chi connectivity index (χ3v) is 3.81. The minimum absolute atomic E-state index is 0.104. The van der Waals surface area contributed by atoms with Crippen molar-refractivity contribution >= 4 is 5.91 Å². The summed E-state index contributed by atoms with van der Waals surface area (Å²) in [5, 5.41) is 2.95. The molecule has 1 aliphatic carbocycles. The fraction of sp³-hybridized carbons (Fsp3) is 0.929. The molecule has 1 unspecified atom stereocenters. The van der Waals surface area contributed by atoms with Crippen molar-refractivity contribution in [1.82, 2.24) is 5.32 Å². The van der Waals surface area contributed by atoms with E-state index in [9.17, 15) is 4.79 Å². The molecule has 0 aliphatic heterocycles. The van der Waals surface area contributed by atoms with Crippen LogP contribution < -0.4 is 11.1 Å². The third kappa shape index (κ3) is 5.83. The van der Waals surface area contributed by atoms with Crippen molar-refractivity contribution in [3.8, 4) is 0 Å². The molecule has 1 rings (SSSR count). The van der Waals surface area contributed by atoms with Crippen molar-refractivity contribution in [3.63, 3.8) is 0 Å². The van der Waals surface area contributed by atoms with Crippen LogP contribution >= 0.6 is 0 Å². The SMILES string of the molecule is CCOC(C)CNC(=O)CC1CCC(CN)CC1. The number of carbonyl (C=O) groups excluding carboxylic acids is 1. The quantitative estimate of drug-likeness (QED) is 0.728. The van der Waals surface area contributed by atoms with Crippen LogP contribution in [0.2, 0.25) is 0 Å². The Labute approximate surface area is 111 Å². The van der Waals surface area contributed by atoms with E-state index in [1.807, 2.05) is 13.8 Å². The smallest absolute Gasteiger partial charge is 0.220 e. The molecular weight excluding hydrogens is 228 g/mol. The van der Waals surface area contributed by atoms with Crippen LogP contribution in [-0.2, 0) is 9.53 Å². The Morgan fingerprint density at radius 3 is 2.50 bits per heavy atom. The van der Waals surface area contributed by atoms with Crippen LogP contribution in [0.5, 0.6) is 0 Å². The molecule has 106 valence electrons. The summed E-state index contributed by atoms with van der Waals surface area (Å²) in [6.07, 6.45) is 5.43. The molecule has 0 aromatic rings. The number of carbonyl (C=O) groups is 1. The lowest BCUT2D eigenvalue weighted by Crippen LogP contribution is -2.34. The van der Waals surface area contributed by atoms with Crippen LogP contribution in [0.3, 0.4) is 0 Å². The fourth-order valence-electron chi connectivity index (χ4n) is 2.61. The number of ether oxygens (including phenoxy) is 1. The normalized spacial score (nSPS) is 25.7. The predicted molar refractivity (Wildman–Crippen MR) is 73.2 cm³/mol. The number of nitrogens with one attached hydrogen (secondary N) is 1. The van der Waals surface area contributed by atoms with Crippen molar-refractivity contribution in [1.29, 1.82) is 0 Å². The first kappa shape index (κ1) is 15.4. The van der Waals surface area contributed by atoms with Crippen molar-refractivity contribution in [2.75, 3.05) is 19.7 Å². The summed E-state index contributed by atoms with van der Waals surface area (Å²) in [5.74, 6) is 1.40. The van der Waals surface area contributed by atoms with Crippen LogP contribution in [0.4, 0.5) is 0 Å². The van der Waals surface area contributed by atoms with Gasteiger partial charge in [-0.1, -0.05) is 0 Å². The minimum atomic E-state index is 0.104. The highest BCUT2D eigenvalue weighted by Crippen LogP contribution is 2.29. The Bertz CT molecular complexity index is 238. The predicted octanol–water partition coefficient (Wildman–Crippen LogP) is 1.68. The van der Waals surface area contributed by atoms with Gasteiger partial charge in [0.15, 0.2) is 0 Å². The highest BCUT2D eigenvalue weighted by atomic mass is 16.5. The molecular formula is C14H28N2O2. The molecule has 4 nitrogen and oxygen atoms in total. The van der Waals surface area contributed by atoms with Gasteiger partial charge in [0.1, 0.15) is 0 Å². The van der Waals surface area contributed by atoms with Gasteiger partial charge in [-0.2, -0.15) is 0 Å². The van der Waals surface area contributed by atoms with Crippen molar-refractivity contribution in [2.24, 2.45) is 17.6 Å². The van der Waals surface area contributed by atoms with Gasteiger partial charge in [-0.15, -0.1) is 0 Å². The van der Waals surface area contributed by atoms with E-state index in [0.717, 1.165) is 19.4 Å². The Balaban J connectivity index is 2.13. The monoisotopic (exact) mass is 256 g/mol. The highest BCUT2D eigenvalue weighted by Gasteiger charge is 2.22. The van der Waals surface area contributed by atoms with E-state index in [0.29, 0.717) is 31.4 Å². The van der Waals surface area contributed by atoms with Gasteiger partial charge in [-0.25, -0.2) is 0 Å². The first-order chi connectivity index (χ1) is 8.65. The topological polar surface area (TPSA) is 64.3 Å². The molecule has 0 aromatic heterocycles. The zero-order valence-corrected chi connectivity index (χ0v) is 11.8. The standard InChI is InChI=1S/C14H28N2O2/c1-3-18-11(2)10-16-14(17)8-12-4-6-13(9-15)7-5-12/h11-13H,3-10,15H2,1-2H3,(H,16,17). The van der Waals surface area contributed by atoms with Gasteiger partial charge in [0.25, 0.3) is 0 Å². The van der Waals surface area contributed by atoms with Crippen LogP contribution in [0.25, 0.3) is 0 Å². The molecule has 1 atom stereocenters. The zero-order chi connectivity index (χ0) is 13.4.